The van der Waals surface area contributed by atoms with Crippen LogP contribution in [-0.2, 0) is 29.4 Å². The smallest absolute Gasteiger partial charge is 0.126 e. The van der Waals surface area contributed by atoms with Crippen molar-refractivity contribution in [1.82, 2.24) is 4.98 Å². The van der Waals surface area contributed by atoms with Gasteiger partial charge in [0.05, 0.1) is 22.2 Å². The zero-order valence-corrected chi connectivity index (χ0v) is 15.4. The average molecular weight is 377 g/mol. The summed E-state index contributed by atoms with van der Waals surface area (Å²) in [4.78, 5) is 5.69. The molecule has 0 fully saturated rings. The fourth-order valence-corrected chi connectivity index (χ4v) is 5.83. The molecule has 0 saturated carbocycles. The van der Waals surface area contributed by atoms with Crippen LogP contribution in [0.1, 0.15) is 29.7 Å². The first-order valence-electron chi connectivity index (χ1n) is 7.95. The second kappa shape index (κ2) is 6.47. The van der Waals surface area contributed by atoms with Gasteiger partial charge in [0.2, 0.25) is 0 Å². The van der Waals surface area contributed by atoms with Crippen LogP contribution in [-0.4, -0.2) is 9.19 Å². The molecule has 0 radical (unpaired) electrons. The molecule has 0 spiro atoms. The number of nitrogens with two attached hydrogens (primary N) is 1. The molecule has 0 bridgehead atoms. The lowest BCUT2D eigenvalue weighted by molar-refractivity contribution is 0.672. The second-order valence-electron chi connectivity index (χ2n) is 6.07. The maximum absolute atomic E-state index is 12.8. The standard InChI is InChI=1S/C18H17ClN2OS2/c19-13-7-5-11(6-8-13)10-24(22)18-16(20)14-9-12-3-1-2-4-15(12)21-17(14)23-18/h5-9H,1-4,10,20H2. The highest BCUT2D eigenvalue weighted by Gasteiger charge is 2.19. The third kappa shape index (κ3) is 2.96. The first-order chi connectivity index (χ1) is 11.6. The Bertz CT molecular complexity index is 934. The van der Waals surface area contributed by atoms with Gasteiger partial charge in [-0.15, -0.1) is 11.3 Å². The highest BCUT2D eigenvalue weighted by atomic mass is 35.5. The van der Waals surface area contributed by atoms with E-state index >= 15 is 0 Å². The van der Waals surface area contributed by atoms with Crippen LogP contribution >= 0.6 is 22.9 Å². The third-order valence-electron chi connectivity index (χ3n) is 4.38. The molecule has 3 aromatic rings. The van der Waals surface area contributed by atoms with Crippen molar-refractivity contribution in [2.75, 3.05) is 5.73 Å². The minimum absolute atomic E-state index is 0.438. The van der Waals surface area contributed by atoms with Crippen molar-refractivity contribution in [2.45, 2.75) is 35.6 Å². The number of anilines is 1. The minimum atomic E-state index is -1.18. The maximum Gasteiger partial charge on any atom is 0.126 e. The van der Waals surface area contributed by atoms with E-state index in [-0.39, 0.29) is 0 Å². The number of fused-ring (bicyclic) bond motifs is 2. The lowest BCUT2D eigenvalue weighted by Crippen LogP contribution is -2.04. The first-order valence-corrected chi connectivity index (χ1v) is 10.5. The Kier molecular flexibility index (Phi) is 4.33. The van der Waals surface area contributed by atoms with Crippen LogP contribution in [0.4, 0.5) is 5.69 Å². The number of nitrogen functional groups attached to an aromatic ring is 1. The number of thiophene rings is 1. The molecule has 124 valence electrons. The van der Waals surface area contributed by atoms with Crippen LogP contribution in [0.5, 0.6) is 0 Å². The summed E-state index contributed by atoms with van der Waals surface area (Å²) in [7, 11) is -1.18. The van der Waals surface area contributed by atoms with Gasteiger partial charge in [0.25, 0.3) is 0 Å². The Hall–Kier alpha value is -1.43. The quantitative estimate of drug-likeness (QED) is 0.719. The average Bonchev–Trinajstić information content (AvgIpc) is 2.91. The number of hydrogen-bond acceptors (Lipinski definition) is 4. The summed E-state index contributed by atoms with van der Waals surface area (Å²) < 4.78 is 13.5. The molecule has 1 unspecified atom stereocenters. The Balaban J connectivity index is 1.69. The topological polar surface area (TPSA) is 56.0 Å². The summed E-state index contributed by atoms with van der Waals surface area (Å²) in [6, 6.07) is 9.60. The van der Waals surface area contributed by atoms with Gasteiger partial charge < -0.3 is 5.73 Å². The molecular formula is C18H17ClN2OS2. The third-order valence-corrected chi connectivity index (χ3v) is 7.58. The summed E-state index contributed by atoms with van der Waals surface area (Å²) >= 11 is 7.37. The van der Waals surface area contributed by atoms with E-state index in [4.69, 9.17) is 22.3 Å². The number of aromatic nitrogens is 1. The van der Waals surface area contributed by atoms with E-state index in [1.165, 1.54) is 35.4 Å². The Morgan fingerprint density at radius 2 is 1.96 bits per heavy atom. The fourth-order valence-electron chi connectivity index (χ4n) is 3.10. The van der Waals surface area contributed by atoms with E-state index in [2.05, 4.69) is 6.07 Å². The van der Waals surface area contributed by atoms with Crippen molar-refractivity contribution in [2.24, 2.45) is 0 Å². The highest BCUT2D eigenvalue weighted by molar-refractivity contribution is 7.87. The van der Waals surface area contributed by atoms with Crippen molar-refractivity contribution < 1.29 is 4.21 Å². The van der Waals surface area contributed by atoms with E-state index in [0.29, 0.717) is 16.5 Å². The molecule has 2 heterocycles. The van der Waals surface area contributed by atoms with Gasteiger partial charge in [-0.3, -0.25) is 4.21 Å². The van der Waals surface area contributed by atoms with E-state index in [0.717, 1.165) is 32.8 Å². The molecule has 0 saturated heterocycles. The molecule has 24 heavy (non-hydrogen) atoms. The van der Waals surface area contributed by atoms with E-state index in [1.807, 2.05) is 24.3 Å². The van der Waals surface area contributed by atoms with Gasteiger partial charge in [-0.2, -0.15) is 0 Å². The van der Waals surface area contributed by atoms with Crippen molar-refractivity contribution in [3.05, 3.63) is 52.2 Å². The molecule has 2 aromatic heterocycles. The van der Waals surface area contributed by atoms with Crippen molar-refractivity contribution in [3.63, 3.8) is 0 Å². The molecule has 6 heteroatoms. The van der Waals surface area contributed by atoms with Gasteiger partial charge in [0, 0.05) is 16.1 Å². The monoisotopic (exact) mass is 376 g/mol. The van der Waals surface area contributed by atoms with Gasteiger partial charge in [-0.1, -0.05) is 23.7 Å². The Morgan fingerprint density at radius 1 is 1.21 bits per heavy atom. The Morgan fingerprint density at radius 3 is 2.75 bits per heavy atom. The predicted octanol–water partition coefficient (Wildman–Crippen LogP) is 4.72. The second-order valence-corrected chi connectivity index (χ2v) is 9.16. The minimum Gasteiger partial charge on any atom is -0.397 e. The van der Waals surface area contributed by atoms with Crippen LogP contribution in [0.3, 0.4) is 0 Å². The SMILES string of the molecule is Nc1c(S(=O)Cc2ccc(Cl)cc2)sc2nc3c(cc12)CCCC3. The number of aryl methyl sites for hydroxylation is 2. The Labute approximate surface area is 152 Å². The molecular weight excluding hydrogens is 360 g/mol. The van der Waals surface area contributed by atoms with Crippen LogP contribution in [0.15, 0.2) is 34.5 Å². The van der Waals surface area contributed by atoms with E-state index < -0.39 is 10.8 Å². The molecule has 1 atom stereocenters. The summed E-state index contributed by atoms with van der Waals surface area (Å²) in [5.74, 6) is 0.438. The normalized spacial score (nSPS) is 15.4. The van der Waals surface area contributed by atoms with Crippen LogP contribution in [0, 0.1) is 0 Å². The number of halogens is 1. The lowest BCUT2D eigenvalue weighted by Gasteiger charge is -2.14. The summed E-state index contributed by atoms with van der Waals surface area (Å²) in [5.41, 5.74) is 10.4. The van der Waals surface area contributed by atoms with Crippen LogP contribution < -0.4 is 5.73 Å². The lowest BCUT2D eigenvalue weighted by atomic mass is 9.95. The van der Waals surface area contributed by atoms with E-state index in [1.54, 1.807) is 0 Å². The van der Waals surface area contributed by atoms with Crippen LogP contribution in [0.2, 0.25) is 5.02 Å². The summed E-state index contributed by atoms with van der Waals surface area (Å²) in [5, 5.41) is 1.64. The summed E-state index contributed by atoms with van der Waals surface area (Å²) in [6.07, 6.45) is 4.50. The van der Waals surface area contributed by atoms with Gasteiger partial charge >= 0.3 is 0 Å². The summed E-state index contributed by atoms with van der Waals surface area (Å²) in [6.45, 7) is 0. The van der Waals surface area contributed by atoms with Crippen LogP contribution in [0.25, 0.3) is 10.2 Å². The van der Waals surface area contributed by atoms with Gasteiger partial charge in [-0.05, 0) is 55.0 Å². The molecule has 2 N–H and O–H groups in total. The van der Waals surface area contributed by atoms with E-state index in [9.17, 15) is 4.21 Å². The molecule has 0 aliphatic heterocycles. The number of nitrogens with zero attached hydrogens (tertiary/aromatic N) is 1. The first kappa shape index (κ1) is 16.1. The number of pyridine rings is 1. The van der Waals surface area contributed by atoms with Gasteiger partial charge in [0.15, 0.2) is 0 Å². The van der Waals surface area contributed by atoms with Crippen molar-refractivity contribution in [1.29, 1.82) is 0 Å². The molecule has 3 nitrogen and oxygen atoms in total. The molecule has 1 aromatic carbocycles. The fraction of sp³-hybridized carbons (Fsp3) is 0.278. The number of benzene rings is 1. The van der Waals surface area contributed by atoms with Crippen molar-refractivity contribution in [3.8, 4) is 0 Å². The van der Waals surface area contributed by atoms with Gasteiger partial charge in [0.1, 0.15) is 9.04 Å². The van der Waals surface area contributed by atoms with Gasteiger partial charge in [-0.25, -0.2) is 4.98 Å². The predicted molar refractivity (Wildman–Crippen MR) is 102 cm³/mol. The zero-order valence-electron chi connectivity index (χ0n) is 13.0. The maximum atomic E-state index is 12.8. The molecule has 4 rings (SSSR count). The number of rotatable bonds is 3. The molecule has 1 aliphatic carbocycles. The molecule has 1 aliphatic rings. The highest BCUT2D eigenvalue weighted by Crippen LogP contribution is 2.38. The number of hydrogen-bond donors (Lipinski definition) is 1. The molecule has 0 amide bonds. The van der Waals surface area contributed by atoms with Crippen molar-refractivity contribution >= 4 is 49.6 Å². The zero-order chi connectivity index (χ0) is 16.7. The largest absolute Gasteiger partial charge is 0.397 e.